The first-order chi connectivity index (χ1) is 9.51. The minimum Gasteiger partial charge on any atom is -0.493 e. The summed E-state index contributed by atoms with van der Waals surface area (Å²) in [6, 6.07) is 10.8. The molecule has 2 aromatic carbocycles. The van der Waals surface area contributed by atoms with Crippen molar-refractivity contribution in [3.05, 3.63) is 52.5 Å². The molecule has 20 heavy (non-hydrogen) atoms. The van der Waals surface area contributed by atoms with Gasteiger partial charge in [-0.2, -0.15) is 0 Å². The van der Waals surface area contributed by atoms with Gasteiger partial charge in [0.2, 0.25) is 0 Å². The van der Waals surface area contributed by atoms with Gasteiger partial charge in [-0.1, -0.05) is 29.9 Å². The van der Waals surface area contributed by atoms with Crippen molar-refractivity contribution in [1.29, 1.82) is 0 Å². The van der Waals surface area contributed by atoms with Crippen LogP contribution in [0, 0.1) is 6.92 Å². The molecule has 2 N–H and O–H groups in total. The van der Waals surface area contributed by atoms with Crippen molar-refractivity contribution >= 4 is 28.8 Å². The maximum Gasteiger partial charge on any atom is 0.169 e. The van der Waals surface area contributed by atoms with Gasteiger partial charge in [0.05, 0.1) is 12.7 Å². The van der Waals surface area contributed by atoms with E-state index in [0.717, 1.165) is 5.56 Å². The molecule has 0 atom stereocenters. The van der Waals surface area contributed by atoms with E-state index in [2.05, 4.69) is 0 Å². The first kappa shape index (κ1) is 14.6. The van der Waals surface area contributed by atoms with E-state index in [0.29, 0.717) is 27.8 Å². The average Bonchev–Trinajstić information content (AvgIpc) is 2.40. The Hall–Kier alpha value is -1.78. The van der Waals surface area contributed by atoms with Gasteiger partial charge in [-0.15, -0.1) is 0 Å². The zero-order valence-corrected chi connectivity index (χ0v) is 12.7. The van der Waals surface area contributed by atoms with E-state index in [-0.39, 0.29) is 4.99 Å². The predicted octanol–water partition coefficient (Wildman–Crippen LogP) is 4.08. The van der Waals surface area contributed by atoms with Crippen molar-refractivity contribution in [2.24, 2.45) is 5.73 Å². The minimum absolute atomic E-state index is 0.253. The molecule has 0 heterocycles. The van der Waals surface area contributed by atoms with Crippen LogP contribution in [0.4, 0.5) is 0 Å². The fourth-order valence-corrected chi connectivity index (χ4v) is 2.09. The Bertz CT molecular complexity index is 658. The summed E-state index contributed by atoms with van der Waals surface area (Å²) in [4.78, 5) is 0.253. The molecule has 0 aliphatic rings. The van der Waals surface area contributed by atoms with E-state index in [9.17, 15) is 0 Å². The lowest BCUT2D eigenvalue weighted by Gasteiger charge is -2.14. The summed E-state index contributed by atoms with van der Waals surface area (Å²) in [6.45, 7) is 1.98. The predicted molar refractivity (Wildman–Crippen MR) is 85.1 cm³/mol. The number of benzene rings is 2. The van der Waals surface area contributed by atoms with Crippen molar-refractivity contribution in [2.75, 3.05) is 7.11 Å². The Labute approximate surface area is 128 Å². The smallest absolute Gasteiger partial charge is 0.169 e. The summed E-state index contributed by atoms with van der Waals surface area (Å²) in [5.74, 6) is 1.73. The first-order valence-corrected chi connectivity index (χ1v) is 6.71. The molecule has 0 saturated heterocycles. The van der Waals surface area contributed by atoms with E-state index < -0.39 is 0 Å². The van der Waals surface area contributed by atoms with Crippen molar-refractivity contribution in [2.45, 2.75) is 6.92 Å². The van der Waals surface area contributed by atoms with E-state index >= 15 is 0 Å². The van der Waals surface area contributed by atoms with Crippen molar-refractivity contribution in [3.8, 4) is 17.2 Å². The molecule has 2 aromatic rings. The molecule has 0 radical (unpaired) electrons. The van der Waals surface area contributed by atoms with E-state index in [1.165, 1.54) is 0 Å². The standard InChI is InChI=1S/C15H14ClNO2S/c1-9-3-6-12(14(7-9)18-2)19-13-8-10(16)4-5-11(13)15(17)20/h3-8H,1-2H3,(H2,17,20). The van der Waals surface area contributed by atoms with Crippen molar-refractivity contribution in [1.82, 2.24) is 0 Å². The molecule has 5 heteroatoms. The summed E-state index contributed by atoms with van der Waals surface area (Å²) in [5.41, 5.74) is 7.40. The monoisotopic (exact) mass is 307 g/mol. The largest absolute Gasteiger partial charge is 0.493 e. The third kappa shape index (κ3) is 3.21. The van der Waals surface area contributed by atoms with Gasteiger partial charge in [0.15, 0.2) is 11.5 Å². The van der Waals surface area contributed by atoms with E-state index in [4.69, 9.17) is 39.0 Å². The number of nitrogens with two attached hydrogens (primary N) is 1. The second-order valence-electron chi connectivity index (χ2n) is 4.26. The molecule has 0 amide bonds. The van der Waals surface area contributed by atoms with Crippen LogP contribution in [0.2, 0.25) is 5.02 Å². The summed E-state index contributed by atoms with van der Waals surface area (Å²) < 4.78 is 11.2. The highest BCUT2D eigenvalue weighted by atomic mass is 35.5. The van der Waals surface area contributed by atoms with Crippen LogP contribution >= 0.6 is 23.8 Å². The summed E-state index contributed by atoms with van der Waals surface area (Å²) in [7, 11) is 1.59. The maximum absolute atomic E-state index is 5.99. The third-order valence-electron chi connectivity index (χ3n) is 2.75. The molecule has 3 nitrogen and oxygen atoms in total. The molecule has 0 aliphatic carbocycles. The quantitative estimate of drug-likeness (QED) is 0.864. The highest BCUT2D eigenvalue weighted by Crippen LogP contribution is 2.34. The molecule has 0 spiro atoms. The molecule has 0 aromatic heterocycles. The van der Waals surface area contributed by atoms with Gasteiger partial charge in [-0.25, -0.2) is 0 Å². The molecule has 0 unspecified atom stereocenters. The maximum atomic E-state index is 5.99. The molecule has 0 saturated carbocycles. The van der Waals surface area contributed by atoms with Gasteiger partial charge in [0, 0.05) is 11.1 Å². The van der Waals surface area contributed by atoms with Crippen LogP contribution < -0.4 is 15.2 Å². The second kappa shape index (κ2) is 6.11. The Kier molecular flexibility index (Phi) is 4.47. The van der Waals surface area contributed by atoms with Gasteiger partial charge >= 0.3 is 0 Å². The molecule has 104 valence electrons. The van der Waals surface area contributed by atoms with Crippen molar-refractivity contribution < 1.29 is 9.47 Å². The second-order valence-corrected chi connectivity index (χ2v) is 5.14. The van der Waals surface area contributed by atoms with Gasteiger partial charge < -0.3 is 15.2 Å². The lowest BCUT2D eigenvalue weighted by atomic mass is 10.2. The number of ether oxygens (including phenoxy) is 2. The van der Waals surface area contributed by atoms with Crippen LogP contribution in [0.5, 0.6) is 17.2 Å². The Morgan fingerprint density at radius 2 is 1.85 bits per heavy atom. The van der Waals surface area contributed by atoms with Crippen molar-refractivity contribution in [3.63, 3.8) is 0 Å². The zero-order chi connectivity index (χ0) is 14.7. The fourth-order valence-electron chi connectivity index (χ4n) is 1.76. The lowest BCUT2D eigenvalue weighted by Crippen LogP contribution is -2.10. The van der Waals surface area contributed by atoms with Crippen LogP contribution in [-0.2, 0) is 0 Å². The Morgan fingerprint density at radius 3 is 2.50 bits per heavy atom. The van der Waals surface area contributed by atoms with E-state index in [1.807, 2.05) is 25.1 Å². The van der Waals surface area contributed by atoms with Crippen LogP contribution in [0.15, 0.2) is 36.4 Å². The molecule has 2 rings (SSSR count). The van der Waals surface area contributed by atoms with Gasteiger partial charge in [-0.05, 0) is 36.8 Å². The normalized spacial score (nSPS) is 10.2. The average molecular weight is 308 g/mol. The number of thiocarbonyl (C=S) groups is 1. The number of hydrogen-bond donors (Lipinski definition) is 1. The lowest BCUT2D eigenvalue weighted by molar-refractivity contribution is 0.378. The van der Waals surface area contributed by atoms with Crippen LogP contribution in [-0.4, -0.2) is 12.1 Å². The van der Waals surface area contributed by atoms with Crippen LogP contribution in [0.25, 0.3) is 0 Å². The summed E-state index contributed by atoms with van der Waals surface area (Å²) in [6.07, 6.45) is 0. The first-order valence-electron chi connectivity index (χ1n) is 5.93. The number of aryl methyl sites for hydroxylation is 1. The molecule has 0 aliphatic heterocycles. The van der Waals surface area contributed by atoms with Gasteiger partial charge in [0.1, 0.15) is 10.7 Å². The number of hydrogen-bond acceptors (Lipinski definition) is 3. The van der Waals surface area contributed by atoms with Crippen LogP contribution in [0.1, 0.15) is 11.1 Å². The third-order valence-corrected chi connectivity index (χ3v) is 3.20. The Balaban J connectivity index is 2.44. The topological polar surface area (TPSA) is 44.5 Å². The highest BCUT2D eigenvalue weighted by molar-refractivity contribution is 7.80. The highest BCUT2D eigenvalue weighted by Gasteiger charge is 2.11. The summed E-state index contributed by atoms with van der Waals surface area (Å²) >= 11 is 11.0. The number of halogens is 1. The zero-order valence-electron chi connectivity index (χ0n) is 11.1. The summed E-state index contributed by atoms with van der Waals surface area (Å²) in [5, 5.41) is 0.547. The SMILES string of the molecule is COc1cc(C)ccc1Oc1cc(Cl)ccc1C(N)=S. The molecular formula is C15H14ClNO2S. The molecule has 0 bridgehead atoms. The number of methoxy groups -OCH3 is 1. The minimum atomic E-state index is 0.253. The van der Waals surface area contributed by atoms with Gasteiger partial charge in [0.25, 0.3) is 0 Å². The van der Waals surface area contributed by atoms with Crippen LogP contribution in [0.3, 0.4) is 0 Å². The molecular weight excluding hydrogens is 294 g/mol. The van der Waals surface area contributed by atoms with Gasteiger partial charge in [-0.3, -0.25) is 0 Å². The fraction of sp³-hybridized carbons (Fsp3) is 0.133. The number of rotatable bonds is 4. The van der Waals surface area contributed by atoms with E-state index in [1.54, 1.807) is 25.3 Å². The Morgan fingerprint density at radius 1 is 1.10 bits per heavy atom. The molecule has 0 fully saturated rings.